The Balaban J connectivity index is 1.54. The van der Waals surface area contributed by atoms with Crippen LogP contribution in [0.15, 0.2) is 89.6 Å². The van der Waals surface area contributed by atoms with Crippen molar-refractivity contribution in [1.29, 1.82) is 0 Å². The molecule has 0 radical (unpaired) electrons. The maximum atomic E-state index is 12.7. The van der Waals surface area contributed by atoms with Crippen LogP contribution in [-0.2, 0) is 11.3 Å². The number of ether oxygens (including phenoxy) is 1. The molecule has 0 saturated heterocycles. The number of methoxy groups -OCH3 is 1. The van der Waals surface area contributed by atoms with E-state index in [1.54, 1.807) is 19.4 Å². The molecule has 0 aliphatic rings. The first-order valence-electron chi connectivity index (χ1n) is 11.7. The summed E-state index contributed by atoms with van der Waals surface area (Å²) in [6.45, 7) is 4.32. The van der Waals surface area contributed by atoms with Crippen LogP contribution >= 0.6 is 11.6 Å². The molecule has 5 rings (SSSR count). The van der Waals surface area contributed by atoms with Gasteiger partial charge in [0.15, 0.2) is 0 Å². The Morgan fingerprint density at radius 3 is 2.53 bits per heavy atom. The Labute approximate surface area is 215 Å². The van der Waals surface area contributed by atoms with Crippen LogP contribution in [-0.4, -0.2) is 13.0 Å². The molecule has 1 aromatic heterocycles. The summed E-state index contributed by atoms with van der Waals surface area (Å²) in [5.74, 6) is 0.518. The topological polar surface area (TPSA) is 51.5 Å². The van der Waals surface area contributed by atoms with Crippen molar-refractivity contribution < 1.29 is 13.9 Å². The number of allylic oxidation sites excluding steroid dienone is 1. The van der Waals surface area contributed by atoms with E-state index in [1.807, 2.05) is 50.2 Å². The van der Waals surface area contributed by atoms with Crippen molar-refractivity contribution in [1.82, 2.24) is 5.32 Å². The summed E-state index contributed by atoms with van der Waals surface area (Å²) >= 11 is 5.95. The number of rotatable bonds is 6. The molecule has 4 aromatic carbocycles. The van der Waals surface area contributed by atoms with Crippen LogP contribution in [0.4, 0.5) is 0 Å². The number of fused-ring (bicyclic) bond motifs is 2. The van der Waals surface area contributed by atoms with Crippen LogP contribution in [0.5, 0.6) is 5.75 Å². The van der Waals surface area contributed by atoms with Gasteiger partial charge in [-0.1, -0.05) is 66.2 Å². The van der Waals surface area contributed by atoms with Crippen LogP contribution in [0.2, 0.25) is 5.02 Å². The van der Waals surface area contributed by atoms with Gasteiger partial charge in [-0.3, -0.25) is 4.79 Å². The second kappa shape index (κ2) is 9.92. The van der Waals surface area contributed by atoms with Gasteiger partial charge in [0.1, 0.15) is 11.3 Å². The molecule has 0 aliphatic heterocycles. The summed E-state index contributed by atoms with van der Waals surface area (Å²) < 4.78 is 11.8. The van der Waals surface area contributed by atoms with Crippen molar-refractivity contribution >= 4 is 44.8 Å². The molecule has 36 heavy (non-hydrogen) atoms. The van der Waals surface area contributed by atoms with Crippen molar-refractivity contribution in [2.75, 3.05) is 7.11 Å². The van der Waals surface area contributed by atoms with Crippen molar-refractivity contribution in [3.8, 4) is 16.9 Å². The molecule has 0 atom stereocenters. The lowest BCUT2D eigenvalue weighted by Gasteiger charge is -2.14. The van der Waals surface area contributed by atoms with Gasteiger partial charge in [-0.15, -0.1) is 0 Å². The van der Waals surface area contributed by atoms with Crippen molar-refractivity contribution in [2.24, 2.45) is 0 Å². The first-order chi connectivity index (χ1) is 17.5. The second-order valence-electron chi connectivity index (χ2n) is 8.81. The molecule has 0 fully saturated rings. The highest BCUT2D eigenvalue weighted by atomic mass is 35.5. The summed E-state index contributed by atoms with van der Waals surface area (Å²) in [5, 5.41) is 6.92. The number of aryl methyl sites for hydroxylation is 1. The average Bonchev–Trinajstić information content (AvgIpc) is 3.32. The third kappa shape index (κ3) is 4.48. The highest BCUT2D eigenvalue weighted by Gasteiger charge is 2.19. The van der Waals surface area contributed by atoms with Gasteiger partial charge in [0.25, 0.3) is 0 Å². The lowest BCUT2D eigenvalue weighted by molar-refractivity contribution is -0.116. The fourth-order valence-corrected chi connectivity index (χ4v) is 4.78. The van der Waals surface area contributed by atoms with Gasteiger partial charge in [0, 0.05) is 39.7 Å². The molecule has 5 aromatic rings. The number of amides is 1. The van der Waals surface area contributed by atoms with E-state index in [4.69, 9.17) is 20.8 Å². The van der Waals surface area contributed by atoms with Gasteiger partial charge in [-0.25, -0.2) is 0 Å². The van der Waals surface area contributed by atoms with Crippen molar-refractivity contribution in [3.63, 3.8) is 0 Å². The summed E-state index contributed by atoms with van der Waals surface area (Å²) in [7, 11) is 1.64. The number of nitrogens with one attached hydrogen (secondary N) is 1. The van der Waals surface area contributed by atoms with Crippen LogP contribution in [0.3, 0.4) is 0 Å². The van der Waals surface area contributed by atoms with E-state index in [2.05, 4.69) is 41.7 Å². The van der Waals surface area contributed by atoms with Gasteiger partial charge < -0.3 is 14.5 Å². The zero-order valence-corrected chi connectivity index (χ0v) is 21.1. The van der Waals surface area contributed by atoms with E-state index in [9.17, 15) is 4.79 Å². The van der Waals surface area contributed by atoms with Crippen LogP contribution in [0.1, 0.15) is 23.6 Å². The predicted octanol–water partition coefficient (Wildman–Crippen LogP) is 7.94. The van der Waals surface area contributed by atoms with Crippen LogP contribution in [0.25, 0.3) is 38.4 Å². The molecule has 0 saturated carbocycles. The normalized spacial score (nSPS) is 11.7. The summed E-state index contributed by atoms with van der Waals surface area (Å²) in [4.78, 5) is 12.7. The van der Waals surface area contributed by atoms with E-state index in [1.165, 1.54) is 5.39 Å². The summed E-state index contributed by atoms with van der Waals surface area (Å²) in [6.07, 6.45) is 3.41. The molecular formula is C31H26ClNO3. The standard InChI is InChI=1S/C31H26ClNO3/c1-19(15-29(34)33-17-21-11-13-23(32)14-12-21)26-16-27-28(18-36-31(27)20(2)30(26)35-3)25-10-6-8-22-7-4-5-9-24(22)25/h4-16,18H,17H2,1-3H3,(H,33,34)/b19-15+. The lowest BCUT2D eigenvalue weighted by Crippen LogP contribution is -2.20. The van der Waals surface area contributed by atoms with Gasteiger partial charge >= 0.3 is 0 Å². The molecule has 0 spiro atoms. The molecule has 0 bridgehead atoms. The fraction of sp³-hybridized carbons (Fsp3) is 0.129. The van der Waals surface area contributed by atoms with Gasteiger partial charge in [-0.2, -0.15) is 0 Å². The van der Waals surface area contributed by atoms with E-state index < -0.39 is 0 Å². The zero-order chi connectivity index (χ0) is 25.2. The van der Waals surface area contributed by atoms with Crippen molar-refractivity contribution in [3.05, 3.63) is 107 Å². The predicted molar refractivity (Wildman–Crippen MR) is 147 cm³/mol. The molecule has 0 aliphatic carbocycles. The number of carbonyl (C=O) groups is 1. The minimum Gasteiger partial charge on any atom is -0.496 e. The largest absolute Gasteiger partial charge is 0.496 e. The average molecular weight is 496 g/mol. The monoisotopic (exact) mass is 495 g/mol. The third-order valence-corrected chi connectivity index (χ3v) is 6.73. The summed E-state index contributed by atoms with van der Waals surface area (Å²) in [6, 6.07) is 24.1. The SMILES string of the molecule is COc1c(/C(C)=C/C(=O)NCc2ccc(Cl)cc2)cc2c(-c3cccc4ccccc34)coc2c1C. The van der Waals surface area contributed by atoms with Gasteiger partial charge in [-0.05, 0) is 59.5 Å². The van der Waals surface area contributed by atoms with Crippen molar-refractivity contribution in [2.45, 2.75) is 20.4 Å². The molecule has 1 heterocycles. The number of furan rings is 1. The molecule has 0 unspecified atom stereocenters. The lowest BCUT2D eigenvalue weighted by atomic mass is 9.94. The summed E-state index contributed by atoms with van der Waals surface area (Å²) in [5.41, 5.74) is 6.41. The number of hydrogen-bond donors (Lipinski definition) is 1. The highest BCUT2D eigenvalue weighted by Crippen LogP contribution is 2.42. The number of halogens is 1. The van der Waals surface area contributed by atoms with E-state index in [0.29, 0.717) is 17.3 Å². The van der Waals surface area contributed by atoms with Gasteiger partial charge in [0.05, 0.1) is 13.4 Å². The number of hydrogen-bond acceptors (Lipinski definition) is 3. The van der Waals surface area contributed by atoms with E-state index >= 15 is 0 Å². The quantitative estimate of drug-likeness (QED) is 0.243. The number of carbonyl (C=O) groups excluding carboxylic acids is 1. The molecule has 5 heteroatoms. The minimum absolute atomic E-state index is 0.177. The molecular weight excluding hydrogens is 470 g/mol. The maximum absolute atomic E-state index is 12.7. The Morgan fingerprint density at radius 2 is 1.75 bits per heavy atom. The van der Waals surface area contributed by atoms with E-state index in [0.717, 1.165) is 49.7 Å². The van der Waals surface area contributed by atoms with Gasteiger partial charge in [0.2, 0.25) is 5.91 Å². The third-order valence-electron chi connectivity index (χ3n) is 6.48. The molecule has 180 valence electrons. The Bertz CT molecular complexity index is 1610. The maximum Gasteiger partial charge on any atom is 0.244 e. The Morgan fingerprint density at radius 1 is 1.00 bits per heavy atom. The smallest absolute Gasteiger partial charge is 0.244 e. The Kier molecular flexibility index (Phi) is 6.53. The molecule has 1 amide bonds. The fourth-order valence-electron chi connectivity index (χ4n) is 4.66. The first kappa shape index (κ1) is 23.7. The van der Waals surface area contributed by atoms with Crippen LogP contribution < -0.4 is 10.1 Å². The minimum atomic E-state index is -0.177. The van der Waals surface area contributed by atoms with Crippen LogP contribution in [0, 0.1) is 6.92 Å². The molecule has 1 N–H and O–H groups in total. The Hall–Kier alpha value is -4.02. The zero-order valence-electron chi connectivity index (χ0n) is 20.4. The second-order valence-corrected chi connectivity index (χ2v) is 9.24. The highest BCUT2D eigenvalue weighted by molar-refractivity contribution is 6.30. The van der Waals surface area contributed by atoms with E-state index in [-0.39, 0.29) is 5.91 Å². The first-order valence-corrected chi connectivity index (χ1v) is 12.1. The number of benzene rings is 4. The molecule has 4 nitrogen and oxygen atoms in total.